The molecule has 0 unspecified atom stereocenters. The van der Waals surface area contributed by atoms with Crippen LogP contribution in [0, 0.1) is 11.3 Å². The van der Waals surface area contributed by atoms with E-state index in [-0.39, 0.29) is 11.3 Å². The second kappa shape index (κ2) is 6.44. The van der Waals surface area contributed by atoms with Crippen LogP contribution in [0.25, 0.3) is 11.3 Å². The number of aromatic amines is 1. The number of rotatable bonds is 5. The zero-order chi connectivity index (χ0) is 17.1. The second-order valence-electron chi connectivity index (χ2n) is 4.70. The number of benzene rings is 1. The Balaban J connectivity index is 2.17. The molecule has 0 spiro atoms. The quantitative estimate of drug-likeness (QED) is 0.875. The number of hydrogen-bond acceptors (Lipinski definition) is 3. The minimum atomic E-state index is -4.62. The first-order valence-corrected chi connectivity index (χ1v) is 7.91. The molecule has 0 fully saturated rings. The summed E-state index contributed by atoms with van der Waals surface area (Å²) in [6.45, 7) is -1.62. The molecule has 2 aromatic rings. The van der Waals surface area contributed by atoms with Crippen LogP contribution in [0.1, 0.15) is 5.69 Å². The van der Waals surface area contributed by atoms with E-state index >= 15 is 0 Å². The molecule has 1 heterocycles. The van der Waals surface area contributed by atoms with Gasteiger partial charge in [0.15, 0.2) is 0 Å². The first-order chi connectivity index (χ1) is 10.7. The van der Waals surface area contributed by atoms with E-state index in [0.29, 0.717) is 17.0 Å². The van der Waals surface area contributed by atoms with Gasteiger partial charge in [0.1, 0.15) is 6.54 Å². The molecule has 1 aromatic carbocycles. The van der Waals surface area contributed by atoms with Gasteiger partial charge in [0.25, 0.3) is 0 Å². The Hall–Kier alpha value is -2.31. The minimum Gasteiger partial charge on any atom is -0.358 e. The Morgan fingerprint density at radius 1 is 1.13 bits per heavy atom. The summed E-state index contributed by atoms with van der Waals surface area (Å²) in [7, 11) is -4.22. The van der Waals surface area contributed by atoms with Gasteiger partial charge in [-0.25, -0.2) is 13.1 Å². The topological polar surface area (TPSA) is 85.8 Å². The van der Waals surface area contributed by atoms with Crippen LogP contribution in [0.3, 0.4) is 0 Å². The van der Waals surface area contributed by atoms with Crippen LogP contribution < -0.4 is 4.72 Å². The van der Waals surface area contributed by atoms with E-state index in [4.69, 9.17) is 5.26 Å². The fourth-order valence-corrected chi connectivity index (χ4v) is 2.89. The second-order valence-corrected chi connectivity index (χ2v) is 6.46. The number of H-pyrrole nitrogens is 1. The summed E-state index contributed by atoms with van der Waals surface area (Å²) in [4.78, 5) is 2.74. The normalized spacial score (nSPS) is 12.1. The van der Waals surface area contributed by atoms with Crippen LogP contribution in [0.2, 0.25) is 0 Å². The number of aromatic nitrogens is 1. The largest absolute Gasteiger partial charge is 0.402 e. The lowest BCUT2D eigenvalue weighted by Crippen LogP contribution is -2.33. The van der Waals surface area contributed by atoms with Gasteiger partial charge < -0.3 is 4.98 Å². The van der Waals surface area contributed by atoms with Crippen molar-refractivity contribution in [1.82, 2.24) is 9.71 Å². The average molecular weight is 343 g/mol. The Morgan fingerprint density at radius 3 is 2.35 bits per heavy atom. The minimum absolute atomic E-state index is 0.216. The molecule has 1 aromatic heterocycles. The van der Waals surface area contributed by atoms with Crippen molar-refractivity contribution in [3.63, 3.8) is 0 Å². The number of nitriles is 1. The van der Waals surface area contributed by atoms with Gasteiger partial charge in [-0.05, 0) is 29.8 Å². The Labute approximate surface area is 130 Å². The van der Waals surface area contributed by atoms with Crippen molar-refractivity contribution in [3.05, 3.63) is 42.1 Å². The van der Waals surface area contributed by atoms with Crippen molar-refractivity contribution in [2.24, 2.45) is 0 Å². The Morgan fingerprint density at radius 2 is 1.78 bits per heavy atom. The molecule has 122 valence electrons. The monoisotopic (exact) mass is 343 g/mol. The maximum Gasteiger partial charge on any atom is 0.402 e. The molecule has 23 heavy (non-hydrogen) atoms. The van der Waals surface area contributed by atoms with Crippen molar-refractivity contribution in [2.75, 3.05) is 6.54 Å². The number of halogens is 3. The van der Waals surface area contributed by atoms with Crippen LogP contribution in [0.15, 0.2) is 41.3 Å². The van der Waals surface area contributed by atoms with E-state index in [2.05, 4.69) is 4.98 Å². The van der Waals surface area contributed by atoms with Gasteiger partial charge in [0.2, 0.25) is 10.0 Å². The third-order valence-electron chi connectivity index (χ3n) is 2.95. The molecule has 0 atom stereocenters. The number of nitrogens with zero attached hydrogens (tertiary/aromatic N) is 1. The van der Waals surface area contributed by atoms with Crippen LogP contribution in [0.4, 0.5) is 13.2 Å². The first-order valence-electron chi connectivity index (χ1n) is 6.43. The van der Waals surface area contributed by atoms with E-state index < -0.39 is 22.7 Å². The van der Waals surface area contributed by atoms with Gasteiger partial charge >= 0.3 is 6.18 Å². The Bertz CT molecular complexity index is 818. The van der Waals surface area contributed by atoms with Gasteiger partial charge in [-0.1, -0.05) is 12.1 Å². The van der Waals surface area contributed by atoms with Crippen molar-refractivity contribution in [2.45, 2.75) is 17.5 Å². The van der Waals surface area contributed by atoms with Gasteiger partial charge in [-0.15, -0.1) is 0 Å². The smallest absolute Gasteiger partial charge is 0.358 e. The fourth-order valence-electron chi connectivity index (χ4n) is 1.87. The van der Waals surface area contributed by atoms with E-state index in [1.54, 1.807) is 12.1 Å². The summed E-state index contributed by atoms with van der Waals surface area (Å²) < 4.78 is 61.3. The van der Waals surface area contributed by atoms with E-state index in [1.165, 1.54) is 29.0 Å². The zero-order valence-electron chi connectivity index (χ0n) is 11.7. The molecule has 9 heteroatoms. The highest BCUT2D eigenvalue weighted by atomic mass is 32.2. The molecule has 5 nitrogen and oxygen atoms in total. The van der Waals surface area contributed by atoms with Crippen molar-refractivity contribution in [3.8, 4) is 17.3 Å². The van der Waals surface area contributed by atoms with E-state index in [9.17, 15) is 21.6 Å². The SMILES string of the molecule is N#CCc1ccc(-c2ccc(S(=O)(=O)NCC(F)(F)F)cc2)[nH]1. The molecule has 0 aliphatic carbocycles. The van der Waals surface area contributed by atoms with E-state index in [1.807, 2.05) is 6.07 Å². The summed E-state index contributed by atoms with van der Waals surface area (Å²) in [5.74, 6) is 0. The molecule has 2 N–H and O–H groups in total. The number of nitrogens with one attached hydrogen (secondary N) is 2. The van der Waals surface area contributed by atoms with Gasteiger partial charge in [-0.2, -0.15) is 18.4 Å². The summed E-state index contributed by atoms with van der Waals surface area (Å²) in [5.41, 5.74) is 2.05. The standard InChI is InChI=1S/C14H12F3N3O2S/c15-14(16,17)9-19-23(21,22)12-4-1-10(2-5-12)13-6-3-11(20-13)7-8-18/h1-6,19-20H,7,9H2. The molecule has 0 saturated carbocycles. The lowest BCUT2D eigenvalue weighted by Gasteiger charge is -2.09. The summed E-state index contributed by atoms with van der Waals surface area (Å²) in [6, 6.07) is 10.9. The summed E-state index contributed by atoms with van der Waals surface area (Å²) >= 11 is 0. The zero-order valence-corrected chi connectivity index (χ0v) is 12.5. The molecular weight excluding hydrogens is 331 g/mol. The molecule has 0 bridgehead atoms. The average Bonchev–Trinajstić information content (AvgIpc) is 2.94. The molecule has 0 saturated heterocycles. The fraction of sp³-hybridized carbons (Fsp3) is 0.214. The third kappa shape index (κ3) is 4.58. The molecule has 0 radical (unpaired) electrons. The highest BCUT2D eigenvalue weighted by Gasteiger charge is 2.30. The number of alkyl halides is 3. The third-order valence-corrected chi connectivity index (χ3v) is 4.37. The molecule has 0 aliphatic rings. The van der Waals surface area contributed by atoms with Crippen molar-refractivity contribution >= 4 is 10.0 Å². The molecule has 0 amide bonds. The molecule has 2 rings (SSSR count). The number of sulfonamides is 1. The van der Waals surface area contributed by atoms with Crippen LogP contribution >= 0.6 is 0 Å². The van der Waals surface area contributed by atoms with Crippen molar-refractivity contribution in [1.29, 1.82) is 5.26 Å². The molecular formula is C14H12F3N3O2S. The maximum atomic E-state index is 12.1. The predicted molar refractivity (Wildman–Crippen MR) is 76.8 cm³/mol. The summed E-state index contributed by atoms with van der Waals surface area (Å²) in [6.07, 6.45) is -4.40. The lowest BCUT2D eigenvalue weighted by molar-refractivity contribution is -0.121. The van der Waals surface area contributed by atoms with Crippen LogP contribution in [-0.4, -0.2) is 26.1 Å². The van der Waals surface area contributed by atoms with Crippen LogP contribution in [-0.2, 0) is 16.4 Å². The Kier molecular flexibility index (Phi) is 4.77. The number of hydrogen-bond donors (Lipinski definition) is 2. The highest BCUT2D eigenvalue weighted by molar-refractivity contribution is 7.89. The highest BCUT2D eigenvalue weighted by Crippen LogP contribution is 2.21. The first kappa shape index (κ1) is 17.1. The van der Waals surface area contributed by atoms with E-state index in [0.717, 1.165) is 0 Å². The van der Waals surface area contributed by atoms with Gasteiger partial charge in [0, 0.05) is 11.4 Å². The van der Waals surface area contributed by atoms with Gasteiger partial charge in [0.05, 0.1) is 17.4 Å². The van der Waals surface area contributed by atoms with Crippen LogP contribution in [0.5, 0.6) is 0 Å². The lowest BCUT2D eigenvalue weighted by atomic mass is 10.2. The van der Waals surface area contributed by atoms with Gasteiger partial charge in [-0.3, -0.25) is 0 Å². The van der Waals surface area contributed by atoms with Crippen molar-refractivity contribution < 1.29 is 21.6 Å². The molecule has 0 aliphatic heterocycles. The maximum absolute atomic E-state index is 12.1. The predicted octanol–water partition coefficient (Wildman–Crippen LogP) is 2.59. The summed E-state index contributed by atoms with van der Waals surface area (Å²) in [5, 5.41) is 8.61.